The van der Waals surface area contributed by atoms with Crippen molar-refractivity contribution in [2.24, 2.45) is 0 Å². The quantitative estimate of drug-likeness (QED) is 0.574. The number of carbonyl (C=O) groups excluding carboxylic acids is 2. The number of hydrogen-bond acceptors (Lipinski definition) is 5. The number of esters is 1. The van der Waals surface area contributed by atoms with E-state index in [-0.39, 0.29) is 12.6 Å². The lowest BCUT2D eigenvalue weighted by atomic mass is 10.0. The van der Waals surface area contributed by atoms with Crippen LogP contribution in [0.1, 0.15) is 33.3 Å². The minimum Gasteiger partial charge on any atom is -0.454 e. The molecule has 0 bridgehead atoms. The van der Waals surface area contributed by atoms with Crippen LogP contribution >= 0.6 is 0 Å². The Hall–Kier alpha value is -3.28. The van der Waals surface area contributed by atoms with Gasteiger partial charge in [-0.3, -0.25) is 4.79 Å². The van der Waals surface area contributed by atoms with Crippen molar-refractivity contribution in [3.63, 3.8) is 0 Å². The molecule has 1 aromatic heterocycles. The number of ketones is 1. The summed E-state index contributed by atoms with van der Waals surface area (Å²) in [6.45, 7) is 3.54. The molecule has 6 nitrogen and oxygen atoms in total. The Morgan fingerprint density at radius 3 is 2.73 bits per heavy atom. The number of hydrogen-bond donors (Lipinski definition) is 1. The molecule has 0 amide bonds. The first-order valence-electron chi connectivity index (χ1n) is 8.27. The second-order valence-corrected chi connectivity index (χ2v) is 6.15. The number of nitrogens with one attached hydrogen (secondary N) is 1. The average Bonchev–Trinajstić information content (AvgIpc) is 3.23. The van der Waals surface area contributed by atoms with Gasteiger partial charge in [-0.25, -0.2) is 4.79 Å². The summed E-state index contributed by atoms with van der Waals surface area (Å²) >= 11 is 0. The predicted octanol–water partition coefficient (Wildman–Crippen LogP) is 3.63. The van der Waals surface area contributed by atoms with Crippen LogP contribution in [-0.2, 0) is 4.74 Å². The van der Waals surface area contributed by atoms with E-state index in [9.17, 15) is 9.59 Å². The number of ether oxygens (including phenoxy) is 3. The molecule has 0 saturated carbocycles. The van der Waals surface area contributed by atoms with Gasteiger partial charge in [0.25, 0.3) is 0 Å². The fourth-order valence-electron chi connectivity index (χ4n) is 3.10. The summed E-state index contributed by atoms with van der Waals surface area (Å²) in [4.78, 5) is 28.4. The van der Waals surface area contributed by atoms with Gasteiger partial charge in [0.15, 0.2) is 17.6 Å². The van der Waals surface area contributed by atoms with Gasteiger partial charge in [0, 0.05) is 22.2 Å². The van der Waals surface area contributed by atoms with Gasteiger partial charge >= 0.3 is 5.97 Å². The highest BCUT2D eigenvalue weighted by molar-refractivity contribution is 6.11. The number of fused-ring (bicyclic) bond motifs is 2. The van der Waals surface area contributed by atoms with Gasteiger partial charge in [-0.15, -0.1) is 0 Å². The molecule has 1 aliphatic rings. The molecule has 3 aromatic rings. The molecule has 6 heteroatoms. The maximum atomic E-state index is 12.9. The van der Waals surface area contributed by atoms with Crippen molar-refractivity contribution in [1.82, 2.24) is 4.98 Å². The van der Waals surface area contributed by atoms with Crippen LogP contribution in [-0.4, -0.2) is 29.6 Å². The van der Waals surface area contributed by atoms with Crippen LogP contribution in [0.2, 0.25) is 0 Å². The molecule has 1 atom stereocenters. The van der Waals surface area contributed by atoms with E-state index in [1.54, 1.807) is 25.1 Å². The molecule has 0 radical (unpaired) electrons. The third-order valence-corrected chi connectivity index (χ3v) is 4.40. The number of aryl methyl sites for hydroxylation is 1. The minimum atomic E-state index is -0.911. The Morgan fingerprint density at radius 2 is 1.88 bits per heavy atom. The van der Waals surface area contributed by atoms with E-state index in [0.717, 1.165) is 16.6 Å². The average molecular weight is 351 g/mol. The van der Waals surface area contributed by atoms with E-state index in [4.69, 9.17) is 14.2 Å². The number of Topliss-reactive ketones (excluding diaryl/α,β-unsaturated/α-hetero) is 1. The zero-order valence-corrected chi connectivity index (χ0v) is 14.4. The molecule has 1 aliphatic heterocycles. The molecule has 0 unspecified atom stereocenters. The lowest BCUT2D eigenvalue weighted by Gasteiger charge is -2.13. The van der Waals surface area contributed by atoms with E-state index in [1.165, 1.54) is 0 Å². The summed E-state index contributed by atoms with van der Waals surface area (Å²) < 4.78 is 15.9. The molecular formula is C20H17NO5. The van der Waals surface area contributed by atoms with Crippen molar-refractivity contribution in [2.75, 3.05) is 6.79 Å². The maximum absolute atomic E-state index is 12.9. The number of H-pyrrole nitrogens is 1. The normalized spacial score (nSPS) is 13.6. The highest BCUT2D eigenvalue weighted by atomic mass is 16.7. The molecular weight excluding hydrogens is 334 g/mol. The van der Waals surface area contributed by atoms with E-state index in [2.05, 4.69) is 4.98 Å². The van der Waals surface area contributed by atoms with Crippen LogP contribution in [0.3, 0.4) is 0 Å². The van der Waals surface area contributed by atoms with Crippen LogP contribution in [0.5, 0.6) is 11.5 Å². The van der Waals surface area contributed by atoms with Crippen LogP contribution in [0.15, 0.2) is 42.5 Å². The fraction of sp³-hybridized carbons (Fsp3) is 0.200. The van der Waals surface area contributed by atoms with Gasteiger partial charge in [0.1, 0.15) is 0 Å². The second-order valence-electron chi connectivity index (χ2n) is 6.15. The lowest BCUT2D eigenvalue weighted by molar-refractivity contribution is 0.0319. The molecule has 2 aromatic carbocycles. The van der Waals surface area contributed by atoms with Crippen LogP contribution in [0.4, 0.5) is 0 Å². The molecule has 1 N–H and O–H groups in total. The third kappa shape index (κ3) is 2.69. The molecule has 4 rings (SSSR count). The van der Waals surface area contributed by atoms with E-state index in [0.29, 0.717) is 22.6 Å². The third-order valence-electron chi connectivity index (χ3n) is 4.40. The number of carbonyl (C=O) groups is 2. The van der Waals surface area contributed by atoms with Gasteiger partial charge in [-0.05, 0) is 38.1 Å². The molecule has 132 valence electrons. The van der Waals surface area contributed by atoms with E-state index >= 15 is 0 Å². The Kier molecular flexibility index (Phi) is 3.88. The van der Waals surface area contributed by atoms with Gasteiger partial charge in [0.05, 0.1) is 5.56 Å². The maximum Gasteiger partial charge on any atom is 0.338 e. The topological polar surface area (TPSA) is 77.6 Å². The van der Waals surface area contributed by atoms with Crippen molar-refractivity contribution >= 4 is 22.7 Å². The monoisotopic (exact) mass is 351 g/mol. The second kappa shape index (κ2) is 6.22. The molecule has 0 aliphatic carbocycles. The standard InChI is InChI=1S/C20H17NO5/c1-11-18(14-5-3-4-6-15(14)21-11)19(22)12(2)26-20(23)13-7-8-16-17(9-13)25-10-24-16/h3-9,12,21H,10H2,1-2H3/t12-/m1/s1. The van der Waals surface area contributed by atoms with E-state index in [1.807, 2.05) is 31.2 Å². The fourth-order valence-corrected chi connectivity index (χ4v) is 3.10. The first kappa shape index (κ1) is 16.2. The number of rotatable bonds is 4. The Morgan fingerprint density at radius 1 is 1.12 bits per heavy atom. The SMILES string of the molecule is Cc1[nH]c2ccccc2c1C(=O)[C@@H](C)OC(=O)c1ccc2c(c1)OCO2. The summed E-state index contributed by atoms with van der Waals surface area (Å²) in [5.74, 6) is 0.252. The zero-order valence-electron chi connectivity index (χ0n) is 14.4. The highest BCUT2D eigenvalue weighted by Crippen LogP contribution is 2.33. The van der Waals surface area contributed by atoms with Gasteiger partial charge in [0.2, 0.25) is 12.6 Å². The number of aromatic nitrogens is 1. The first-order chi connectivity index (χ1) is 12.5. The molecule has 0 saturated heterocycles. The van der Waals surface area contributed by atoms with Crippen molar-refractivity contribution in [3.8, 4) is 11.5 Å². The molecule has 0 spiro atoms. The number of benzene rings is 2. The summed E-state index contributed by atoms with van der Waals surface area (Å²) in [7, 11) is 0. The summed E-state index contributed by atoms with van der Waals surface area (Å²) in [5, 5.41) is 0.820. The lowest BCUT2D eigenvalue weighted by Crippen LogP contribution is -2.24. The molecule has 2 heterocycles. The van der Waals surface area contributed by atoms with E-state index < -0.39 is 12.1 Å². The van der Waals surface area contributed by atoms with Crippen LogP contribution in [0.25, 0.3) is 10.9 Å². The van der Waals surface area contributed by atoms with Crippen molar-refractivity contribution in [3.05, 3.63) is 59.3 Å². The zero-order chi connectivity index (χ0) is 18.3. The first-order valence-corrected chi connectivity index (χ1v) is 8.27. The summed E-state index contributed by atoms with van der Waals surface area (Å²) in [6.07, 6.45) is -0.911. The minimum absolute atomic E-state index is 0.128. The van der Waals surface area contributed by atoms with Crippen LogP contribution < -0.4 is 9.47 Å². The number of para-hydroxylation sites is 1. The Bertz CT molecular complexity index is 1020. The van der Waals surface area contributed by atoms with Crippen molar-refractivity contribution in [1.29, 1.82) is 0 Å². The highest BCUT2D eigenvalue weighted by Gasteiger charge is 2.25. The Labute approximate surface area is 149 Å². The molecule has 0 fully saturated rings. The summed E-state index contributed by atoms with van der Waals surface area (Å²) in [5.41, 5.74) is 2.49. The molecule has 26 heavy (non-hydrogen) atoms. The number of aromatic amines is 1. The van der Waals surface area contributed by atoms with Gasteiger partial charge in [-0.1, -0.05) is 18.2 Å². The predicted molar refractivity (Wildman–Crippen MR) is 94.8 cm³/mol. The largest absolute Gasteiger partial charge is 0.454 e. The van der Waals surface area contributed by atoms with Crippen molar-refractivity contribution in [2.45, 2.75) is 20.0 Å². The van der Waals surface area contributed by atoms with Gasteiger partial charge in [-0.2, -0.15) is 0 Å². The van der Waals surface area contributed by atoms with Crippen LogP contribution in [0, 0.1) is 6.92 Å². The smallest absolute Gasteiger partial charge is 0.338 e. The Balaban J connectivity index is 1.55. The van der Waals surface area contributed by atoms with Gasteiger partial charge < -0.3 is 19.2 Å². The summed E-state index contributed by atoms with van der Waals surface area (Å²) in [6, 6.07) is 12.3. The van der Waals surface area contributed by atoms with Crippen molar-refractivity contribution < 1.29 is 23.8 Å².